The van der Waals surface area contributed by atoms with Crippen LogP contribution < -0.4 is 4.90 Å². The monoisotopic (exact) mass is 306 g/mol. The lowest BCUT2D eigenvalue weighted by atomic mass is 10.1. The maximum absolute atomic E-state index is 11.2. The maximum atomic E-state index is 11.2. The Hall–Kier alpha value is -1.92. The minimum atomic E-state index is -0.714. The van der Waals surface area contributed by atoms with Crippen molar-refractivity contribution in [3.05, 3.63) is 56.3 Å². The molecule has 1 aromatic carbocycles. The smallest absolute Gasteiger partial charge is 0.292 e. The van der Waals surface area contributed by atoms with Crippen LogP contribution in [0.1, 0.15) is 23.5 Å². The average molecular weight is 306 g/mol. The van der Waals surface area contributed by atoms with Gasteiger partial charge in [0.15, 0.2) is 0 Å². The molecule has 0 aliphatic carbocycles. The number of aliphatic hydroxyl groups is 1. The van der Waals surface area contributed by atoms with E-state index >= 15 is 0 Å². The van der Waals surface area contributed by atoms with Crippen LogP contribution in [0.5, 0.6) is 0 Å². The molecule has 0 bridgehead atoms. The maximum Gasteiger partial charge on any atom is 0.292 e. The van der Waals surface area contributed by atoms with Gasteiger partial charge in [0.2, 0.25) is 0 Å². The van der Waals surface area contributed by atoms with Gasteiger partial charge >= 0.3 is 0 Å². The molecule has 0 saturated heterocycles. The second-order valence-corrected chi connectivity index (χ2v) is 5.96. The van der Waals surface area contributed by atoms with Crippen molar-refractivity contribution in [1.29, 1.82) is 0 Å². The van der Waals surface area contributed by atoms with E-state index in [-0.39, 0.29) is 5.69 Å². The lowest BCUT2D eigenvalue weighted by molar-refractivity contribution is -0.384. The van der Waals surface area contributed by atoms with E-state index in [2.05, 4.69) is 6.07 Å². The van der Waals surface area contributed by atoms with E-state index < -0.39 is 11.0 Å². The molecule has 0 amide bonds. The van der Waals surface area contributed by atoms with E-state index in [1.54, 1.807) is 30.4 Å². The summed E-state index contributed by atoms with van der Waals surface area (Å²) < 4.78 is 0. The van der Waals surface area contributed by atoms with Gasteiger partial charge in [0.05, 0.1) is 11.0 Å². The fourth-order valence-corrected chi connectivity index (χ4v) is 2.82. The van der Waals surface area contributed by atoms with Crippen LogP contribution in [0, 0.1) is 10.1 Å². The van der Waals surface area contributed by atoms with E-state index in [1.807, 2.05) is 23.4 Å². The summed E-state index contributed by atoms with van der Waals surface area (Å²) in [5, 5.41) is 22.8. The lowest BCUT2D eigenvalue weighted by Crippen LogP contribution is -2.21. The van der Waals surface area contributed by atoms with E-state index in [0.717, 1.165) is 6.42 Å². The van der Waals surface area contributed by atoms with Gasteiger partial charge in [-0.05, 0) is 36.4 Å². The van der Waals surface area contributed by atoms with Crippen LogP contribution in [0.2, 0.25) is 0 Å². The third-order valence-corrected chi connectivity index (χ3v) is 4.30. The summed E-state index contributed by atoms with van der Waals surface area (Å²) in [4.78, 5) is 14.0. The first-order chi connectivity index (χ1) is 9.99. The first-order valence-electron chi connectivity index (χ1n) is 6.69. The fraction of sp³-hybridized carbons (Fsp3) is 0.333. The zero-order valence-electron chi connectivity index (χ0n) is 12.0. The Morgan fingerprint density at radius 1 is 1.43 bits per heavy atom. The molecule has 0 fully saturated rings. The summed E-state index contributed by atoms with van der Waals surface area (Å²) >= 11 is 1.68. The molecule has 2 rings (SSSR count). The summed E-state index contributed by atoms with van der Waals surface area (Å²) in [5.41, 5.74) is 1.15. The SMILES string of the molecule is C[C@@H](O)c1ccc(N(C)CCc2cccs2)c([N+](=O)[O-])c1. The van der Waals surface area contributed by atoms with Crippen molar-refractivity contribution in [2.24, 2.45) is 0 Å². The van der Waals surface area contributed by atoms with Crippen LogP contribution in [0.4, 0.5) is 11.4 Å². The quantitative estimate of drug-likeness (QED) is 0.656. The first kappa shape index (κ1) is 15.5. The second-order valence-electron chi connectivity index (χ2n) is 4.93. The Morgan fingerprint density at radius 2 is 2.19 bits per heavy atom. The zero-order chi connectivity index (χ0) is 15.4. The minimum Gasteiger partial charge on any atom is -0.389 e. The fourth-order valence-electron chi connectivity index (χ4n) is 2.12. The molecule has 1 N–H and O–H groups in total. The first-order valence-corrected chi connectivity index (χ1v) is 7.57. The van der Waals surface area contributed by atoms with Crippen molar-refractivity contribution in [3.8, 4) is 0 Å². The number of thiophene rings is 1. The Kier molecular flexibility index (Phi) is 4.93. The molecular formula is C15H18N2O3S. The molecule has 0 spiro atoms. The lowest BCUT2D eigenvalue weighted by Gasteiger charge is -2.19. The zero-order valence-corrected chi connectivity index (χ0v) is 12.8. The molecule has 1 heterocycles. The Balaban J connectivity index is 2.19. The number of hydrogen-bond acceptors (Lipinski definition) is 5. The average Bonchev–Trinajstić information content (AvgIpc) is 2.97. The second kappa shape index (κ2) is 6.69. The van der Waals surface area contributed by atoms with Gasteiger partial charge in [0.1, 0.15) is 5.69 Å². The number of benzene rings is 1. The highest BCUT2D eigenvalue weighted by molar-refractivity contribution is 7.09. The third-order valence-electron chi connectivity index (χ3n) is 3.36. The van der Waals surface area contributed by atoms with Crippen LogP contribution in [-0.4, -0.2) is 23.6 Å². The molecule has 0 radical (unpaired) electrons. The molecule has 0 aliphatic heterocycles. The number of nitro benzene ring substituents is 1. The van der Waals surface area contributed by atoms with E-state index in [1.165, 1.54) is 10.9 Å². The van der Waals surface area contributed by atoms with Crippen LogP contribution in [0.15, 0.2) is 35.7 Å². The standard InChI is InChI=1S/C15H18N2O3S/c1-11(18)12-5-6-14(15(10-12)17(19)20)16(2)8-7-13-4-3-9-21-13/h3-6,9-11,18H,7-8H2,1-2H3/t11-/m1/s1. The van der Waals surface area contributed by atoms with Gasteiger partial charge in [-0.25, -0.2) is 0 Å². The number of nitro groups is 1. The number of anilines is 1. The summed E-state index contributed by atoms with van der Waals surface area (Å²) in [6, 6.07) is 8.94. The third kappa shape index (κ3) is 3.80. The van der Waals surface area contributed by atoms with Gasteiger partial charge in [0.25, 0.3) is 5.69 Å². The normalized spacial score (nSPS) is 12.1. The summed E-state index contributed by atoms with van der Waals surface area (Å²) in [6.45, 7) is 2.30. The van der Waals surface area contributed by atoms with E-state index in [0.29, 0.717) is 17.8 Å². The van der Waals surface area contributed by atoms with Crippen molar-refractivity contribution in [1.82, 2.24) is 0 Å². The van der Waals surface area contributed by atoms with Crippen LogP contribution in [0.25, 0.3) is 0 Å². The number of likely N-dealkylation sites (N-methyl/N-ethyl adjacent to an activating group) is 1. The minimum absolute atomic E-state index is 0.0297. The largest absolute Gasteiger partial charge is 0.389 e. The molecule has 6 heteroatoms. The van der Waals surface area contributed by atoms with E-state index in [9.17, 15) is 15.2 Å². The molecule has 0 saturated carbocycles. The highest BCUT2D eigenvalue weighted by atomic mass is 32.1. The van der Waals surface area contributed by atoms with Crippen LogP contribution in [0.3, 0.4) is 0 Å². The highest BCUT2D eigenvalue weighted by Gasteiger charge is 2.19. The van der Waals surface area contributed by atoms with Crippen molar-refractivity contribution >= 4 is 22.7 Å². The number of hydrogen-bond donors (Lipinski definition) is 1. The van der Waals surface area contributed by atoms with Crippen LogP contribution in [-0.2, 0) is 6.42 Å². The molecular weight excluding hydrogens is 288 g/mol. The van der Waals surface area contributed by atoms with Gasteiger partial charge in [-0.1, -0.05) is 12.1 Å². The Bertz CT molecular complexity index is 611. The van der Waals surface area contributed by atoms with Gasteiger partial charge in [-0.15, -0.1) is 11.3 Å². The molecule has 0 aliphatic rings. The van der Waals surface area contributed by atoms with Crippen molar-refractivity contribution in [2.45, 2.75) is 19.4 Å². The molecule has 112 valence electrons. The van der Waals surface area contributed by atoms with Gasteiger partial charge in [-0.2, -0.15) is 0 Å². The topological polar surface area (TPSA) is 66.6 Å². The van der Waals surface area contributed by atoms with Crippen LogP contribution >= 0.6 is 11.3 Å². The number of aliphatic hydroxyl groups excluding tert-OH is 1. The Morgan fingerprint density at radius 3 is 2.76 bits per heavy atom. The van der Waals surface area contributed by atoms with E-state index in [4.69, 9.17) is 0 Å². The molecule has 2 aromatic rings. The summed E-state index contributed by atoms with van der Waals surface area (Å²) in [5.74, 6) is 0. The van der Waals surface area contributed by atoms with Crippen molar-refractivity contribution in [3.63, 3.8) is 0 Å². The molecule has 1 aromatic heterocycles. The van der Waals surface area contributed by atoms with Gasteiger partial charge in [-0.3, -0.25) is 10.1 Å². The molecule has 21 heavy (non-hydrogen) atoms. The molecule has 0 unspecified atom stereocenters. The molecule has 5 nitrogen and oxygen atoms in total. The number of nitrogens with zero attached hydrogens (tertiary/aromatic N) is 2. The van der Waals surface area contributed by atoms with Gasteiger partial charge < -0.3 is 10.0 Å². The predicted molar refractivity (Wildman–Crippen MR) is 85.0 cm³/mol. The Labute approximate surface area is 127 Å². The summed E-state index contributed by atoms with van der Waals surface area (Å²) in [7, 11) is 1.85. The highest BCUT2D eigenvalue weighted by Crippen LogP contribution is 2.30. The number of rotatable bonds is 6. The van der Waals surface area contributed by atoms with Crippen molar-refractivity contribution < 1.29 is 10.0 Å². The predicted octanol–water partition coefficient (Wildman–Crippen LogP) is 3.39. The van der Waals surface area contributed by atoms with Crippen molar-refractivity contribution in [2.75, 3.05) is 18.5 Å². The molecule has 1 atom stereocenters. The van der Waals surface area contributed by atoms with Gasteiger partial charge in [0, 0.05) is 24.5 Å². The summed E-state index contributed by atoms with van der Waals surface area (Å²) in [6.07, 6.45) is 0.137.